The fourth-order valence-corrected chi connectivity index (χ4v) is 2.85. The number of hydrogen-bond acceptors (Lipinski definition) is 3. The van der Waals surface area contributed by atoms with Crippen molar-refractivity contribution in [3.63, 3.8) is 0 Å². The molecule has 0 amide bonds. The zero-order chi connectivity index (χ0) is 9.97. The quantitative estimate of drug-likeness (QED) is 0.850. The van der Waals surface area contributed by atoms with Crippen LogP contribution in [0.5, 0.6) is 0 Å². The molecule has 14 heavy (non-hydrogen) atoms. The van der Waals surface area contributed by atoms with Crippen LogP contribution in [0.1, 0.15) is 30.2 Å². The van der Waals surface area contributed by atoms with Crippen LogP contribution >= 0.6 is 22.9 Å². The van der Waals surface area contributed by atoms with Crippen molar-refractivity contribution in [2.24, 2.45) is 5.73 Å². The molecule has 1 aromatic heterocycles. The molecule has 0 aromatic carbocycles. The molecule has 0 aliphatic carbocycles. The van der Waals surface area contributed by atoms with Crippen LogP contribution in [0.2, 0.25) is 4.34 Å². The number of nitrogens with two attached hydrogens (primary N) is 1. The third-order valence-corrected chi connectivity index (χ3v) is 3.87. The summed E-state index contributed by atoms with van der Waals surface area (Å²) in [4.78, 5) is 1.13. The van der Waals surface area contributed by atoms with Crippen molar-refractivity contribution < 1.29 is 4.74 Å². The lowest BCUT2D eigenvalue weighted by Gasteiger charge is -2.27. The van der Waals surface area contributed by atoms with Gasteiger partial charge in [0.1, 0.15) is 0 Å². The summed E-state index contributed by atoms with van der Waals surface area (Å²) >= 11 is 7.42. The molecule has 1 aromatic rings. The molecule has 4 heteroatoms. The van der Waals surface area contributed by atoms with E-state index in [1.165, 1.54) is 6.42 Å². The van der Waals surface area contributed by atoms with Gasteiger partial charge in [-0.3, -0.25) is 0 Å². The van der Waals surface area contributed by atoms with Gasteiger partial charge in [-0.25, -0.2) is 0 Å². The minimum Gasteiger partial charge on any atom is -0.376 e. The zero-order valence-electron chi connectivity index (χ0n) is 7.91. The lowest BCUT2D eigenvalue weighted by Crippen LogP contribution is -2.31. The van der Waals surface area contributed by atoms with E-state index in [4.69, 9.17) is 22.1 Å². The normalized spacial score (nSPS) is 24.9. The Balaban J connectivity index is 2.03. The van der Waals surface area contributed by atoms with E-state index in [9.17, 15) is 0 Å². The maximum absolute atomic E-state index is 6.11. The van der Waals surface area contributed by atoms with E-state index in [2.05, 4.69) is 0 Å². The first-order valence-corrected chi connectivity index (χ1v) is 6.09. The Bertz CT molecular complexity index is 296. The zero-order valence-corrected chi connectivity index (χ0v) is 9.48. The summed E-state index contributed by atoms with van der Waals surface area (Å²) in [5, 5.41) is 0. The molecule has 1 aliphatic rings. The highest BCUT2D eigenvalue weighted by molar-refractivity contribution is 7.16. The molecule has 2 heterocycles. The third kappa shape index (κ3) is 2.28. The summed E-state index contributed by atoms with van der Waals surface area (Å²) in [7, 11) is 0. The predicted molar refractivity (Wildman–Crippen MR) is 59.8 cm³/mol. The van der Waals surface area contributed by atoms with Gasteiger partial charge in [-0.15, -0.1) is 11.3 Å². The highest BCUT2D eigenvalue weighted by atomic mass is 35.5. The van der Waals surface area contributed by atoms with E-state index < -0.39 is 0 Å². The fraction of sp³-hybridized carbons (Fsp3) is 0.600. The van der Waals surface area contributed by atoms with Crippen molar-refractivity contribution in [2.45, 2.75) is 31.4 Å². The number of rotatable bonds is 2. The maximum atomic E-state index is 6.11. The van der Waals surface area contributed by atoms with Gasteiger partial charge >= 0.3 is 0 Å². The minimum absolute atomic E-state index is 0.00667. The highest BCUT2D eigenvalue weighted by Gasteiger charge is 2.23. The highest BCUT2D eigenvalue weighted by Crippen LogP contribution is 2.31. The third-order valence-electron chi connectivity index (χ3n) is 2.54. The van der Waals surface area contributed by atoms with Crippen LogP contribution in [0.15, 0.2) is 12.1 Å². The van der Waals surface area contributed by atoms with Gasteiger partial charge in [0.25, 0.3) is 0 Å². The van der Waals surface area contributed by atoms with E-state index in [0.29, 0.717) is 0 Å². The number of ether oxygens (including phenoxy) is 1. The average molecular weight is 232 g/mol. The topological polar surface area (TPSA) is 35.2 Å². The van der Waals surface area contributed by atoms with Crippen molar-refractivity contribution in [1.29, 1.82) is 0 Å². The second-order valence-corrected chi connectivity index (χ2v) is 5.32. The standard InChI is InChI=1S/C10H14ClNOS/c11-9-5-4-8(14-9)10(12)7-3-1-2-6-13-7/h4-5,7,10H,1-3,6,12H2. The largest absolute Gasteiger partial charge is 0.376 e. The van der Waals surface area contributed by atoms with Gasteiger partial charge in [-0.2, -0.15) is 0 Å². The van der Waals surface area contributed by atoms with Gasteiger partial charge in [0.2, 0.25) is 0 Å². The van der Waals surface area contributed by atoms with E-state index in [0.717, 1.165) is 28.7 Å². The number of hydrogen-bond donors (Lipinski definition) is 1. The van der Waals surface area contributed by atoms with Gasteiger partial charge in [0, 0.05) is 11.5 Å². The van der Waals surface area contributed by atoms with Crippen LogP contribution in [0.4, 0.5) is 0 Å². The SMILES string of the molecule is NC(c1ccc(Cl)s1)C1CCCCO1. The smallest absolute Gasteiger partial charge is 0.0931 e. The van der Waals surface area contributed by atoms with Crippen LogP contribution < -0.4 is 5.73 Å². The molecule has 0 spiro atoms. The Morgan fingerprint density at radius 1 is 1.50 bits per heavy atom. The Hall–Kier alpha value is -0.0900. The van der Waals surface area contributed by atoms with Gasteiger partial charge < -0.3 is 10.5 Å². The van der Waals surface area contributed by atoms with Crippen molar-refractivity contribution in [1.82, 2.24) is 0 Å². The molecule has 2 N–H and O–H groups in total. The van der Waals surface area contributed by atoms with Crippen LogP contribution in [0, 0.1) is 0 Å². The fourth-order valence-electron chi connectivity index (χ4n) is 1.74. The van der Waals surface area contributed by atoms with Crippen molar-refractivity contribution in [2.75, 3.05) is 6.61 Å². The van der Waals surface area contributed by atoms with E-state index in [1.807, 2.05) is 12.1 Å². The summed E-state index contributed by atoms with van der Waals surface area (Å²) in [6.07, 6.45) is 3.63. The Kier molecular flexibility index (Phi) is 3.44. The summed E-state index contributed by atoms with van der Waals surface area (Å²) < 4.78 is 6.44. The second kappa shape index (κ2) is 4.62. The van der Waals surface area contributed by atoms with Gasteiger partial charge in [0.05, 0.1) is 16.5 Å². The molecule has 1 saturated heterocycles. The Morgan fingerprint density at radius 3 is 2.93 bits per heavy atom. The molecular weight excluding hydrogens is 218 g/mol. The predicted octanol–water partition coefficient (Wildman–Crippen LogP) is 2.97. The number of thiophene rings is 1. The first-order valence-electron chi connectivity index (χ1n) is 4.90. The maximum Gasteiger partial charge on any atom is 0.0931 e. The first kappa shape index (κ1) is 10.4. The van der Waals surface area contributed by atoms with Crippen LogP contribution in [-0.4, -0.2) is 12.7 Å². The molecule has 0 bridgehead atoms. The Labute approximate surface area is 93.0 Å². The molecule has 2 atom stereocenters. The van der Waals surface area contributed by atoms with Gasteiger partial charge in [-0.1, -0.05) is 11.6 Å². The average Bonchev–Trinajstić information content (AvgIpc) is 2.65. The van der Waals surface area contributed by atoms with Gasteiger partial charge in [-0.05, 0) is 31.4 Å². The molecule has 0 saturated carbocycles. The van der Waals surface area contributed by atoms with E-state index >= 15 is 0 Å². The first-order chi connectivity index (χ1) is 6.77. The minimum atomic E-state index is -0.00667. The molecule has 1 fully saturated rings. The molecule has 0 radical (unpaired) electrons. The lowest BCUT2D eigenvalue weighted by molar-refractivity contribution is 0.000670. The van der Waals surface area contributed by atoms with Crippen LogP contribution in [0.3, 0.4) is 0 Å². The van der Waals surface area contributed by atoms with Crippen molar-refractivity contribution >= 4 is 22.9 Å². The molecular formula is C10H14ClNOS. The summed E-state index contributed by atoms with van der Waals surface area (Å²) in [6, 6.07) is 3.88. The monoisotopic (exact) mass is 231 g/mol. The molecule has 1 aliphatic heterocycles. The van der Waals surface area contributed by atoms with Crippen molar-refractivity contribution in [3.05, 3.63) is 21.3 Å². The van der Waals surface area contributed by atoms with Gasteiger partial charge in [0.15, 0.2) is 0 Å². The molecule has 2 nitrogen and oxygen atoms in total. The lowest BCUT2D eigenvalue weighted by atomic mass is 10.0. The van der Waals surface area contributed by atoms with Crippen LogP contribution in [0.25, 0.3) is 0 Å². The molecule has 78 valence electrons. The summed E-state index contributed by atoms with van der Waals surface area (Å²) in [5.41, 5.74) is 6.11. The van der Waals surface area contributed by atoms with E-state index in [1.54, 1.807) is 11.3 Å². The number of halogens is 1. The summed E-state index contributed by atoms with van der Waals surface area (Å²) in [6.45, 7) is 0.845. The molecule has 2 unspecified atom stereocenters. The van der Waals surface area contributed by atoms with Crippen molar-refractivity contribution in [3.8, 4) is 0 Å². The molecule has 2 rings (SSSR count). The van der Waals surface area contributed by atoms with E-state index in [-0.39, 0.29) is 12.1 Å². The van der Waals surface area contributed by atoms with Crippen LogP contribution in [-0.2, 0) is 4.74 Å². The summed E-state index contributed by atoms with van der Waals surface area (Å²) in [5.74, 6) is 0. The second-order valence-electron chi connectivity index (χ2n) is 3.57. The Morgan fingerprint density at radius 2 is 2.36 bits per heavy atom.